The van der Waals surface area contributed by atoms with Gasteiger partial charge in [0.25, 0.3) is 10.0 Å². The Morgan fingerprint density at radius 2 is 1.86 bits per heavy atom. The maximum Gasteiger partial charge on any atom is 0.261 e. The van der Waals surface area contributed by atoms with Gasteiger partial charge in [0.2, 0.25) is 0 Å². The van der Waals surface area contributed by atoms with Gasteiger partial charge < -0.3 is 10.5 Å². The van der Waals surface area contributed by atoms with E-state index in [1.165, 1.54) is 60.4 Å². The van der Waals surface area contributed by atoms with Gasteiger partial charge >= 0.3 is 0 Å². The van der Waals surface area contributed by atoms with E-state index < -0.39 is 15.8 Å². The van der Waals surface area contributed by atoms with Crippen LogP contribution in [-0.2, 0) is 10.0 Å². The zero-order chi connectivity index (χ0) is 20.6. The first-order chi connectivity index (χ1) is 13.9. The molecule has 2 aromatic heterocycles. The maximum absolute atomic E-state index is 14.8. The van der Waals surface area contributed by atoms with Crippen LogP contribution in [-0.4, -0.2) is 30.1 Å². The summed E-state index contributed by atoms with van der Waals surface area (Å²) in [5.74, 6) is 0.102. The Labute approximate surface area is 165 Å². The van der Waals surface area contributed by atoms with Gasteiger partial charge in [0.1, 0.15) is 17.4 Å². The molecule has 3 N–H and O–H groups in total. The lowest BCUT2D eigenvalue weighted by molar-refractivity contribution is 0.414. The fourth-order valence-electron chi connectivity index (χ4n) is 2.86. The van der Waals surface area contributed by atoms with Crippen molar-refractivity contribution in [2.24, 2.45) is 0 Å². The molecule has 0 amide bonds. The maximum atomic E-state index is 14.8. The van der Waals surface area contributed by atoms with Gasteiger partial charge in [0.05, 0.1) is 23.9 Å². The number of nitrogens with two attached hydrogens (primary N) is 1. The van der Waals surface area contributed by atoms with Gasteiger partial charge in [0.15, 0.2) is 5.65 Å². The molecule has 10 heteroatoms. The van der Waals surface area contributed by atoms with Crippen LogP contribution in [0.4, 0.5) is 15.9 Å². The number of aromatic nitrogens is 3. The van der Waals surface area contributed by atoms with Crippen molar-refractivity contribution in [2.75, 3.05) is 17.6 Å². The second-order valence-electron chi connectivity index (χ2n) is 6.13. The molecule has 0 saturated carbocycles. The quantitative estimate of drug-likeness (QED) is 0.520. The summed E-state index contributed by atoms with van der Waals surface area (Å²) < 4.78 is 48.6. The molecule has 0 saturated heterocycles. The van der Waals surface area contributed by atoms with Crippen LogP contribution in [0.15, 0.2) is 65.8 Å². The number of hydrogen-bond acceptors (Lipinski definition) is 6. The summed E-state index contributed by atoms with van der Waals surface area (Å²) in [5.41, 5.74) is 7.22. The minimum Gasteiger partial charge on any atom is -0.497 e. The Kier molecular flexibility index (Phi) is 4.55. The molecule has 148 valence electrons. The number of nitrogen functional groups attached to an aromatic ring is 1. The fraction of sp³-hybridized carbons (Fsp3) is 0.0526. The highest BCUT2D eigenvalue weighted by Gasteiger charge is 2.17. The molecule has 0 unspecified atom stereocenters. The Morgan fingerprint density at radius 3 is 2.55 bits per heavy atom. The van der Waals surface area contributed by atoms with E-state index in [0.29, 0.717) is 17.0 Å². The number of sulfonamides is 1. The molecular formula is C19H16FN5O3S. The third-order valence-electron chi connectivity index (χ3n) is 4.33. The number of ether oxygens (including phenoxy) is 1. The van der Waals surface area contributed by atoms with Crippen molar-refractivity contribution in [3.8, 4) is 16.9 Å². The molecule has 0 bridgehead atoms. The van der Waals surface area contributed by atoms with E-state index >= 15 is 0 Å². The van der Waals surface area contributed by atoms with Crippen LogP contribution in [0.1, 0.15) is 0 Å². The summed E-state index contributed by atoms with van der Waals surface area (Å²) in [5, 5.41) is 4.05. The van der Waals surface area contributed by atoms with Crippen LogP contribution in [0.3, 0.4) is 0 Å². The van der Waals surface area contributed by atoms with Crippen LogP contribution < -0.4 is 15.2 Å². The zero-order valence-electron chi connectivity index (χ0n) is 15.2. The Morgan fingerprint density at radius 1 is 1.10 bits per heavy atom. The normalized spacial score (nSPS) is 11.5. The number of fused-ring (bicyclic) bond motifs is 1. The average molecular weight is 413 g/mol. The first-order valence-corrected chi connectivity index (χ1v) is 9.92. The summed E-state index contributed by atoms with van der Waals surface area (Å²) in [6, 6.07) is 11.5. The third-order valence-corrected chi connectivity index (χ3v) is 5.73. The number of hydrogen-bond donors (Lipinski definition) is 2. The second kappa shape index (κ2) is 7.06. The van der Waals surface area contributed by atoms with Crippen molar-refractivity contribution in [3.05, 3.63) is 66.7 Å². The van der Waals surface area contributed by atoms with E-state index in [-0.39, 0.29) is 22.0 Å². The highest BCUT2D eigenvalue weighted by atomic mass is 32.2. The molecule has 0 aliphatic heterocycles. The van der Waals surface area contributed by atoms with Crippen LogP contribution in [0, 0.1) is 5.82 Å². The largest absolute Gasteiger partial charge is 0.497 e. The number of benzene rings is 2. The average Bonchev–Trinajstić information content (AvgIpc) is 3.18. The van der Waals surface area contributed by atoms with E-state index in [9.17, 15) is 12.8 Å². The Hall–Kier alpha value is -3.66. The molecule has 0 radical (unpaired) electrons. The van der Waals surface area contributed by atoms with Crippen molar-refractivity contribution < 1.29 is 17.5 Å². The van der Waals surface area contributed by atoms with Crippen molar-refractivity contribution in [2.45, 2.75) is 4.90 Å². The fourth-order valence-corrected chi connectivity index (χ4v) is 3.91. The van der Waals surface area contributed by atoms with E-state index in [2.05, 4.69) is 14.8 Å². The standard InChI is InChI=1S/C19H16FN5O3S/c1-28-13-3-5-14(6-4-13)29(26,27)24-12-2-7-15(17(20)10-12)16-11-22-18-8-9-23-25(18)19(16)21/h2-11,24H,21H2,1H3. The molecule has 4 rings (SSSR count). The molecule has 0 spiro atoms. The molecule has 8 nitrogen and oxygen atoms in total. The van der Waals surface area contributed by atoms with E-state index in [1.54, 1.807) is 6.07 Å². The predicted octanol–water partition coefficient (Wildman–Crippen LogP) is 2.93. The minimum absolute atomic E-state index is 0.0281. The zero-order valence-corrected chi connectivity index (χ0v) is 16.0. The smallest absolute Gasteiger partial charge is 0.261 e. The predicted molar refractivity (Wildman–Crippen MR) is 107 cm³/mol. The van der Waals surface area contributed by atoms with Crippen LogP contribution >= 0.6 is 0 Å². The summed E-state index contributed by atoms with van der Waals surface area (Å²) in [6.07, 6.45) is 2.99. The van der Waals surface area contributed by atoms with Gasteiger partial charge in [-0.05, 0) is 42.5 Å². The van der Waals surface area contributed by atoms with E-state index in [4.69, 9.17) is 10.5 Å². The summed E-state index contributed by atoms with van der Waals surface area (Å²) in [6.45, 7) is 0. The lowest BCUT2D eigenvalue weighted by Gasteiger charge is -2.12. The Bertz CT molecular complexity index is 1300. The lowest BCUT2D eigenvalue weighted by Crippen LogP contribution is -2.13. The van der Waals surface area contributed by atoms with Crippen molar-refractivity contribution >= 4 is 27.2 Å². The first kappa shape index (κ1) is 18.7. The molecule has 0 aliphatic carbocycles. The molecule has 29 heavy (non-hydrogen) atoms. The number of halogens is 1. The SMILES string of the molecule is COc1ccc(S(=O)(=O)Nc2ccc(-c3cnc4ccnn4c3N)c(F)c2)cc1. The summed E-state index contributed by atoms with van der Waals surface area (Å²) in [4.78, 5) is 4.22. The topological polar surface area (TPSA) is 112 Å². The van der Waals surface area contributed by atoms with Gasteiger partial charge in [-0.1, -0.05) is 0 Å². The highest BCUT2D eigenvalue weighted by Crippen LogP contribution is 2.30. The number of nitrogens with zero attached hydrogens (tertiary/aromatic N) is 3. The van der Waals surface area contributed by atoms with E-state index in [1.807, 2.05) is 0 Å². The van der Waals surface area contributed by atoms with Gasteiger partial charge in [-0.15, -0.1) is 0 Å². The molecular weight excluding hydrogens is 397 g/mol. The monoisotopic (exact) mass is 413 g/mol. The molecule has 0 atom stereocenters. The van der Waals surface area contributed by atoms with Gasteiger partial charge in [-0.25, -0.2) is 17.8 Å². The third kappa shape index (κ3) is 3.45. The highest BCUT2D eigenvalue weighted by molar-refractivity contribution is 7.92. The number of anilines is 2. The molecule has 0 aliphatic rings. The first-order valence-electron chi connectivity index (χ1n) is 8.44. The van der Waals surface area contributed by atoms with Crippen LogP contribution in [0.5, 0.6) is 5.75 Å². The number of rotatable bonds is 5. The van der Waals surface area contributed by atoms with Crippen LogP contribution in [0.2, 0.25) is 0 Å². The van der Waals surface area contributed by atoms with E-state index in [0.717, 1.165) is 6.07 Å². The lowest BCUT2D eigenvalue weighted by atomic mass is 10.1. The minimum atomic E-state index is -3.89. The molecule has 2 heterocycles. The van der Waals surface area contributed by atoms with Crippen LogP contribution in [0.25, 0.3) is 16.8 Å². The van der Waals surface area contributed by atoms with Gasteiger partial charge in [-0.2, -0.15) is 9.61 Å². The summed E-state index contributed by atoms with van der Waals surface area (Å²) >= 11 is 0. The Balaban J connectivity index is 1.65. The molecule has 0 fully saturated rings. The molecule has 2 aromatic carbocycles. The van der Waals surface area contributed by atoms with Gasteiger partial charge in [-0.3, -0.25) is 4.72 Å². The van der Waals surface area contributed by atoms with Crippen molar-refractivity contribution in [3.63, 3.8) is 0 Å². The number of nitrogens with one attached hydrogen (secondary N) is 1. The van der Waals surface area contributed by atoms with Crippen molar-refractivity contribution in [1.82, 2.24) is 14.6 Å². The van der Waals surface area contributed by atoms with Crippen molar-refractivity contribution in [1.29, 1.82) is 0 Å². The van der Waals surface area contributed by atoms with Gasteiger partial charge in [0, 0.05) is 23.4 Å². The number of methoxy groups -OCH3 is 1. The second-order valence-corrected chi connectivity index (χ2v) is 7.82. The summed E-state index contributed by atoms with van der Waals surface area (Å²) in [7, 11) is -2.40. The molecule has 4 aromatic rings.